The van der Waals surface area contributed by atoms with Gasteiger partial charge in [-0.3, -0.25) is 19.6 Å². The van der Waals surface area contributed by atoms with E-state index in [-0.39, 0.29) is 5.96 Å². The SMILES string of the molecule is C[C@]1(O)[C@H](N2C=NC3C(=O)NC(N)=NC32)O[C@](F)(COP(=O)(O)OP(=O)(O)OP(=O)(O)O)[C@H]1O. The van der Waals surface area contributed by atoms with E-state index >= 15 is 4.39 Å². The molecule has 3 rings (SSSR count). The number of phosphoric ester groups is 1. The molecule has 3 aliphatic heterocycles. The minimum absolute atomic E-state index is 0.320. The number of nitrogens with zero attached hydrogens (tertiary/aromatic N) is 3. The maximum atomic E-state index is 15.4. The molecule has 0 aromatic rings. The van der Waals surface area contributed by atoms with Crippen LogP contribution in [0, 0.1) is 0 Å². The summed E-state index contributed by atoms with van der Waals surface area (Å²) in [4.78, 5) is 56.3. The Kier molecular flexibility index (Phi) is 6.91. The lowest BCUT2D eigenvalue weighted by Crippen LogP contribution is -2.59. The highest BCUT2D eigenvalue weighted by molar-refractivity contribution is 7.66. The van der Waals surface area contributed by atoms with E-state index in [1.807, 2.05) is 0 Å². The molecule has 0 spiro atoms. The molecule has 4 unspecified atom stereocenters. The summed E-state index contributed by atoms with van der Waals surface area (Å²) in [5, 5.41) is 23.2. The molecule has 0 bridgehead atoms. The minimum atomic E-state index is -5.88. The number of aliphatic hydroxyl groups excluding tert-OH is 1. The third-order valence-electron chi connectivity index (χ3n) is 4.62. The fraction of sp³-hybridized carbons (Fsp3) is 0.727. The molecule has 0 aromatic carbocycles. The van der Waals surface area contributed by atoms with Crippen molar-refractivity contribution in [2.24, 2.45) is 15.7 Å². The Labute approximate surface area is 188 Å². The van der Waals surface area contributed by atoms with Crippen LogP contribution in [0.4, 0.5) is 4.39 Å². The molecular formula is C11H19FN5O14P3. The van der Waals surface area contributed by atoms with E-state index < -0.39 is 72.0 Å². The molecule has 23 heteroatoms. The van der Waals surface area contributed by atoms with Gasteiger partial charge in [-0.15, -0.1) is 0 Å². The Morgan fingerprint density at radius 1 is 1.26 bits per heavy atom. The summed E-state index contributed by atoms with van der Waals surface area (Å²) >= 11 is 0. The monoisotopic (exact) mass is 557 g/mol. The van der Waals surface area contributed by atoms with Gasteiger partial charge < -0.3 is 45.2 Å². The number of amides is 1. The molecule has 19 nitrogen and oxygen atoms in total. The van der Waals surface area contributed by atoms with E-state index in [0.717, 1.165) is 18.2 Å². The first-order chi connectivity index (χ1) is 15.3. The highest BCUT2D eigenvalue weighted by Crippen LogP contribution is 2.66. The van der Waals surface area contributed by atoms with E-state index in [4.69, 9.17) is 25.2 Å². The largest absolute Gasteiger partial charge is 0.490 e. The molecular weight excluding hydrogens is 538 g/mol. The van der Waals surface area contributed by atoms with Gasteiger partial charge in [0.2, 0.25) is 0 Å². The van der Waals surface area contributed by atoms with Gasteiger partial charge in [0.15, 0.2) is 24.4 Å². The van der Waals surface area contributed by atoms with Crippen molar-refractivity contribution in [2.75, 3.05) is 6.61 Å². The van der Waals surface area contributed by atoms with E-state index in [2.05, 4.69) is 28.4 Å². The van der Waals surface area contributed by atoms with Gasteiger partial charge in [-0.25, -0.2) is 23.1 Å². The van der Waals surface area contributed by atoms with Gasteiger partial charge in [0, 0.05) is 0 Å². The van der Waals surface area contributed by atoms with Crippen molar-refractivity contribution in [3.8, 4) is 0 Å². The van der Waals surface area contributed by atoms with E-state index in [0.29, 0.717) is 0 Å². The van der Waals surface area contributed by atoms with Crippen LogP contribution in [0.3, 0.4) is 0 Å². The van der Waals surface area contributed by atoms with Gasteiger partial charge in [0.05, 0.1) is 6.34 Å². The van der Waals surface area contributed by atoms with Crippen LogP contribution >= 0.6 is 23.5 Å². The molecule has 34 heavy (non-hydrogen) atoms. The zero-order valence-electron chi connectivity index (χ0n) is 16.7. The van der Waals surface area contributed by atoms with Crippen molar-refractivity contribution in [3.05, 3.63) is 0 Å². The van der Waals surface area contributed by atoms with Gasteiger partial charge in [0.1, 0.15) is 18.3 Å². The fourth-order valence-electron chi connectivity index (χ4n) is 3.26. The summed E-state index contributed by atoms with van der Waals surface area (Å²) in [6, 6.07) is -1.16. The zero-order chi connectivity index (χ0) is 25.9. The van der Waals surface area contributed by atoms with Crippen LogP contribution in [-0.4, -0.2) is 95.5 Å². The lowest BCUT2D eigenvalue weighted by atomic mass is 9.94. The summed E-state index contributed by atoms with van der Waals surface area (Å²) in [6.07, 6.45) is -4.56. The van der Waals surface area contributed by atoms with Crippen molar-refractivity contribution in [1.29, 1.82) is 0 Å². The number of carbonyl (C=O) groups excluding carboxylic acids is 1. The number of halogens is 1. The molecule has 0 saturated carbocycles. The standard InChI is InChI=1S/C11H19FN5O14P3/c1-10(20)7(19)11(12,2-28-33(24,25)31-34(26,27)30-32(21,22)23)29-8(10)17-3-14-4-5(17)15-9(13)16-6(4)18/h3-5,7-8,19-20H,2H2,1H3,(H,24,25)(H,26,27)(H2,21,22,23)(H3,13,15,16,18)/t4?,5?,7-,8+,10+,11+/m0/s1. The van der Waals surface area contributed by atoms with Crippen molar-refractivity contribution in [2.45, 2.75) is 42.9 Å². The van der Waals surface area contributed by atoms with Crippen LogP contribution in [0.15, 0.2) is 9.98 Å². The molecule has 8 atom stereocenters. The fourth-order valence-corrected chi connectivity index (χ4v) is 6.29. The number of hydrogen-bond donors (Lipinski definition) is 8. The second-order valence-corrected chi connectivity index (χ2v) is 11.7. The Morgan fingerprint density at radius 2 is 1.88 bits per heavy atom. The average molecular weight is 557 g/mol. The van der Waals surface area contributed by atoms with Gasteiger partial charge in [-0.05, 0) is 6.92 Å². The van der Waals surface area contributed by atoms with Crippen molar-refractivity contribution < 1.29 is 70.5 Å². The number of phosphoric acid groups is 3. The Balaban J connectivity index is 1.75. The molecule has 9 N–H and O–H groups in total. The van der Waals surface area contributed by atoms with E-state index in [1.165, 1.54) is 0 Å². The second-order valence-electron chi connectivity index (χ2n) is 7.32. The number of nitrogens with one attached hydrogen (secondary N) is 1. The topological polar surface area (TPSA) is 293 Å². The van der Waals surface area contributed by atoms with Crippen LogP contribution in [0.2, 0.25) is 0 Å². The number of nitrogens with two attached hydrogens (primary N) is 1. The molecule has 0 radical (unpaired) electrons. The first kappa shape index (κ1) is 27.2. The lowest BCUT2D eigenvalue weighted by Gasteiger charge is -2.36. The molecule has 1 amide bonds. The summed E-state index contributed by atoms with van der Waals surface area (Å²) in [7, 11) is -17.3. The molecule has 3 heterocycles. The van der Waals surface area contributed by atoms with Crippen LogP contribution in [0.5, 0.6) is 0 Å². The smallest absolute Gasteiger partial charge is 0.384 e. The second kappa shape index (κ2) is 8.63. The maximum Gasteiger partial charge on any atom is 0.490 e. The van der Waals surface area contributed by atoms with Gasteiger partial charge in [0.25, 0.3) is 11.8 Å². The molecule has 3 aliphatic rings. The predicted octanol–water partition coefficient (Wildman–Crippen LogP) is -3.05. The average Bonchev–Trinajstić information content (AvgIpc) is 3.11. The number of rotatable bonds is 8. The minimum Gasteiger partial charge on any atom is -0.384 e. The number of guanidine groups is 1. The highest BCUT2D eigenvalue weighted by atomic mass is 31.3. The van der Waals surface area contributed by atoms with Crippen LogP contribution in [0.25, 0.3) is 0 Å². The Bertz CT molecular complexity index is 1070. The molecule has 0 aromatic heterocycles. The van der Waals surface area contributed by atoms with Crippen molar-refractivity contribution >= 4 is 41.7 Å². The number of ether oxygens (including phenoxy) is 1. The normalized spacial score (nSPS) is 39.2. The zero-order valence-corrected chi connectivity index (χ0v) is 19.4. The Hall–Kier alpha value is -1.37. The van der Waals surface area contributed by atoms with E-state index in [1.54, 1.807) is 0 Å². The van der Waals surface area contributed by atoms with Crippen LogP contribution in [0.1, 0.15) is 6.92 Å². The number of aliphatic hydroxyl groups is 2. The van der Waals surface area contributed by atoms with E-state index in [9.17, 15) is 33.6 Å². The first-order valence-electron chi connectivity index (χ1n) is 8.77. The third-order valence-corrected chi connectivity index (χ3v) is 8.40. The van der Waals surface area contributed by atoms with Crippen molar-refractivity contribution in [1.82, 2.24) is 10.2 Å². The predicted molar refractivity (Wildman–Crippen MR) is 103 cm³/mol. The molecule has 1 fully saturated rings. The summed E-state index contributed by atoms with van der Waals surface area (Å²) in [5.41, 5.74) is 3.00. The van der Waals surface area contributed by atoms with Gasteiger partial charge in [-0.2, -0.15) is 8.62 Å². The van der Waals surface area contributed by atoms with Gasteiger partial charge >= 0.3 is 23.5 Å². The van der Waals surface area contributed by atoms with Crippen LogP contribution in [-0.2, 0) is 36.4 Å². The number of fused-ring (bicyclic) bond motifs is 1. The van der Waals surface area contributed by atoms with Gasteiger partial charge in [-0.1, -0.05) is 0 Å². The number of aliphatic imine (C=N–C) groups is 2. The maximum absolute atomic E-state index is 15.4. The van der Waals surface area contributed by atoms with Crippen LogP contribution < -0.4 is 11.1 Å². The summed E-state index contributed by atoms with van der Waals surface area (Å²) in [6.45, 7) is -0.804. The summed E-state index contributed by atoms with van der Waals surface area (Å²) < 4.78 is 65.4. The molecule has 1 saturated heterocycles. The first-order valence-corrected chi connectivity index (χ1v) is 13.3. The lowest BCUT2D eigenvalue weighted by molar-refractivity contribution is -0.209. The molecule has 0 aliphatic carbocycles. The summed E-state index contributed by atoms with van der Waals surface area (Å²) in [5.74, 6) is -4.47. The quantitative estimate of drug-likeness (QED) is 0.137. The molecule has 194 valence electrons. The number of carbonyl (C=O) groups is 1. The Morgan fingerprint density at radius 3 is 2.47 bits per heavy atom. The number of alkyl halides is 1. The van der Waals surface area contributed by atoms with Crippen molar-refractivity contribution in [3.63, 3.8) is 0 Å². The third kappa shape index (κ3) is 5.55. The highest BCUT2D eigenvalue weighted by Gasteiger charge is 2.66. The number of hydrogen-bond acceptors (Lipinski definition) is 14.